The van der Waals surface area contributed by atoms with Crippen molar-refractivity contribution in [1.82, 2.24) is 10.4 Å². The van der Waals surface area contributed by atoms with E-state index in [9.17, 15) is 24.0 Å². The highest BCUT2D eigenvalue weighted by atomic mass is 16.7. The summed E-state index contributed by atoms with van der Waals surface area (Å²) in [5.74, 6) is 4.13. The maximum Gasteiger partial charge on any atom is 0.335 e. The molecule has 0 spiro atoms. The predicted molar refractivity (Wildman–Crippen MR) is 260 cm³/mol. The first kappa shape index (κ1) is 60.6. The lowest BCUT2D eigenvalue weighted by molar-refractivity contribution is -0.198. The van der Waals surface area contributed by atoms with Gasteiger partial charge in [-0.25, -0.2) is 4.79 Å². The van der Waals surface area contributed by atoms with Crippen molar-refractivity contribution in [1.29, 1.82) is 0 Å². The van der Waals surface area contributed by atoms with E-state index in [0.29, 0.717) is 169 Å². The summed E-state index contributed by atoms with van der Waals surface area (Å²) in [6.07, 6.45) is 0.144. The number of hydrogen-bond acceptors (Lipinski definition) is 19. The van der Waals surface area contributed by atoms with Crippen LogP contribution in [0.2, 0.25) is 0 Å². The molecule has 0 aromatic heterocycles. The summed E-state index contributed by atoms with van der Waals surface area (Å²) in [5.41, 5.74) is 3.29. The number of ether oxygens (including phenoxy) is 13. The molecule has 2 aliphatic rings. The molecule has 406 valence electrons. The van der Waals surface area contributed by atoms with Gasteiger partial charge in [0.25, 0.3) is 11.8 Å². The molecule has 1 saturated heterocycles. The fraction of sp³-hybridized carbons (Fsp3) is 0.627. The fourth-order valence-electron chi connectivity index (χ4n) is 6.43. The van der Waals surface area contributed by atoms with E-state index in [-0.39, 0.29) is 63.9 Å². The molecule has 4 rings (SSSR count). The Morgan fingerprint density at radius 1 is 0.438 bits per heavy atom. The van der Waals surface area contributed by atoms with E-state index in [1.165, 1.54) is 0 Å². The monoisotopic (exact) mass is 1030 g/mol. The molecule has 0 atom stereocenters. The van der Waals surface area contributed by atoms with Crippen LogP contribution in [0.5, 0.6) is 0 Å². The number of amides is 4. The number of benzene rings is 2. The molecular formula is C51H73N3O19. The Labute approximate surface area is 427 Å². The number of carbonyl (C=O) groups excluding carboxylic acids is 5. The van der Waals surface area contributed by atoms with Crippen LogP contribution in [0.3, 0.4) is 0 Å². The topological polar surface area (TPSA) is 233 Å². The van der Waals surface area contributed by atoms with Crippen LogP contribution in [0.15, 0.2) is 48.5 Å². The maximum absolute atomic E-state index is 13.3. The molecule has 2 heterocycles. The zero-order chi connectivity index (χ0) is 51.7. The van der Waals surface area contributed by atoms with E-state index in [1.54, 1.807) is 4.90 Å². The van der Waals surface area contributed by atoms with Crippen molar-refractivity contribution >= 4 is 35.3 Å². The smallest absolute Gasteiger partial charge is 0.335 e. The van der Waals surface area contributed by atoms with Gasteiger partial charge < -0.3 is 76.6 Å². The number of para-hydroxylation sites is 1. The summed E-state index contributed by atoms with van der Waals surface area (Å²) in [5, 5.41) is 3.23. The largest absolute Gasteiger partial charge is 0.379 e. The molecule has 22 nitrogen and oxygen atoms in total. The van der Waals surface area contributed by atoms with Crippen LogP contribution in [0.25, 0.3) is 0 Å². The van der Waals surface area contributed by atoms with E-state index in [0.717, 1.165) is 16.7 Å². The SMILES string of the molecule is O=C(CCOCCOCCOCCOCCOCCOCCOCCOCCOCCOCCOCCOCCOCCC(=O)ON1C(=O)CCC1=O)NCC(=O)N1Cc2ccccc2C#Cc2ccccc21. The van der Waals surface area contributed by atoms with Gasteiger partial charge in [-0.15, -0.1) is 5.06 Å². The van der Waals surface area contributed by atoms with Gasteiger partial charge in [0, 0.05) is 30.4 Å². The van der Waals surface area contributed by atoms with E-state index in [4.69, 9.17) is 66.4 Å². The lowest BCUT2D eigenvalue weighted by atomic mass is 10.0. The van der Waals surface area contributed by atoms with Gasteiger partial charge in [-0.3, -0.25) is 19.2 Å². The standard InChI is InChI=1S/C51H73N3O19/c55-47(52-41-50(58)53-42-45-7-2-1-5-43(45)9-10-44-6-3-4-8-46(44)53)13-15-60-17-19-62-21-23-64-25-27-66-29-31-68-33-35-70-37-39-72-40-38-71-36-34-69-32-30-67-28-26-65-24-22-63-20-18-61-16-14-51(59)73-54-48(56)11-12-49(54)57/h1-8H,11-42H2,(H,52,55). The third-order valence-electron chi connectivity index (χ3n) is 10.2. The summed E-state index contributed by atoms with van der Waals surface area (Å²) in [7, 11) is 0. The molecule has 2 aliphatic heterocycles. The Morgan fingerprint density at radius 3 is 1.21 bits per heavy atom. The third kappa shape index (κ3) is 28.3. The average Bonchev–Trinajstić information content (AvgIpc) is 3.71. The predicted octanol–water partition coefficient (Wildman–Crippen LogP) is 1.65. The minimum atomic E-state index is -0.707. The van der Waals surface area contributed by atoms with Gasteiger partial charge in [0.05, 0.1) is 197 Å². The quantitative estimate of drug-likeness (QED) is 0.0565. The van der Waals surface area contributed by atoms with Gasteiger partial charge in [0.2, 0.25) is 11.8 Å². The minimum Gasteiger partial charge on any atom is -0.379 e. The van der Waals surface area contributed by atoms with Crippen molar-refractivity contribution in [3.63, 3.8) is 0 Å². The van der Waals surface area contributed by atoms with Crippen molar-refractivity contribution in [3.8, 4) is 11.8 Å². The molecule has 1 fully saturated rings. The molecule has 0 unspecified atom stereocenters. The molecule has 0 radical (unpaired) electrons. The average molecular weight is 1030 g/mol. The molecule has 73 heavy (non-hydrogen) atoms. The molecule has 0 aliphatic carbocycles. The maximum atomic E-state index is 13.3. The molecule has 1 N–H and O–H groups in total. The van der Waals surface area contributed by atoms with Gasteiger partial charge >= 0.3 is 5.97 Å². The summed E-state index contributed by atoms with van der Waals surface area (Å²) >= 11 is 0. The first-order chi connectivity index (χ1) is 35.9. The molecule has 2 aromatic carbocycles. The molecule has 0 saturated carbocycles. The van der Waals surface area contributed by atoms with Crippen LogP contribution < -0.4 is 10.2 Å². The third-order valence-corrected chi connectivity index (χ3v) is 10.2. The second-order valence-electron chi connectivity index (χ2n) is 15.7. The van der Waals surface area contributed by atoms with Crippen LogP contribution in [0.4, 0.5) is 5.69 Å². The van der Waals surface area contributed by atoms with Crippen LogP contribution in [0.1, 0.15) is 42.4 Å². The second kappa shape index (κ2) is 40.4. The highest BCUT2D eigenvalue weighted by molar-refractivity contribution is 6.01. The molecule has 4 amide bonds. The van der Waals surface area contributed by atoms with Crippen LogP contribution in [0, 0.1) is 11.8 Å². The number of nitrogens with zero attached hydrogens (tertiary/aromatic N) is 2. The first-order valence-electron chi connectivity index (χ1n) is 24.8. The van der Waals surface area contributed by atoms with Gasteiger partial charge in [0.1, 0.15) is 0 Å². The van der Waals surface area contributed by atoms with E-state index >= 15 is 0 Å². The van der Waals surface area contributed by atoms with E-state index in [2.05, 4.69) is 17.2 Å². The first-order valence-corrected chi connectivity index (χ1v) is 24.8. The summed E-state index contributed by atoms with van der Waals surface area (Å²) in [6, 6.07) is 15.3. The molecule has 22 heteroatoms. The second-order valence-corrected chi connectivity index (χ2v) is 15.7. The Hall–Kier alpha value is -4.97. The van der Waals surface area contributed by atoms with E-state index < -0.39 is 17.8 Å². The van der Waals surface area contributed by atoms with Crippen LogP contribution >= 0.6 is 0 Å². The van der Waals surface area contributed by atoms with Crippen molar-refractivity contribution < 1.29 is 90.4 Å². The lowest BCUT2D eigenvalue weighted by Crippen LogP contribution is -2.40. The zero-order valence-corrected chi connectivity index (χ0v) is 41.9. The number of hydroxylamine groups is 2. The highest BCUT2D eigenvalue weighted by Gasteiger charge is 2.32. The minimum absolute atomic E-state index is 0.0512. The van der Waals surface area contributed by atoms with Crippen LogP contribution in [-0.4, -0.2) is 213 Å². The molecule has 2 aromatic rings. The number of carbonyl (C=O) groups is 5. The van der Waals surface area contributed by atoms with Crippen LogP contribution in [-0.2, 0) is 96.9 Å². The number of hydrogen-bond donors (Lipinski definition) is 1. The van der Waals surface area contributed by atoms with Gasteiger partial charge in [-0.05, 0) is 23.8 Å². The van der Waals surface area contributed by atoms with Crippen molar-refractivity contribution in [2.24, 2.45) is 0 Å². The normalized spacial score (nSPS) is 13.0. The fourth-order valence-corrected chi connectivity index (χ4v) is 6.43. The number of fused-ring (bicyclic) bond motifs is 2. The number of rotatable bonds is 45. The zero-order valence-electron chi connectivity index (χ0n) is 41.9. The van der Waals surface area contributed by atoms with Gasteiger partial charge in [-0.2, -0.15) is 0 Å². The Bertz CT molecular complexity index is 1910. The summed E-state index contributed by atoms with van der Waals surface area (Å²) < 4.78 is 71.2. The number of nitrogens with one attached hydrogen (secondary N) is 1. The van der Waals surface area contributed by atoms with Gasteiger partial charge in [0.15, 0.2) is 0 Å². The van der Waals surface area contributed by atoms with E-state index in [1.807, 2.05) is 48.5 Å². The Balaban J connectivity index is 0.770. The van der Waals surface area contributed by atoms with Gasteiger partial charge in [-0.1, -0.05) is 42.2 Å². The number of imide groups is 1. The Kier molecular flexibility index (Phi) is 33.5. The molecule has 0 bridgehead atoms. The Morgan fingerprint density at radius 2 is 0.781 bits per heavy atom. The summed E-state index contributed by atoms with van der Waals surface area (Å²) in [4.78, 5) is 66.7. The molecular weight excluding hydrogens is 959 g/mol. The number of anilines is 1. The van der Waals surface area contributed by atoms with Crippen molar-refractivity contribution in [2.75, 3.05) is 183 Å². The lowest BCUT2D eigenvalue weighted by Gasteiger charge is -2.26. The highest BCUT2D eigenvalue weighted by Crippen LogP contribution is 2.25. The van der Waals surface area contributed by atoms with Crippen molar-refractivity contribution in [3.05, 3.63) is 65.2 Å². The van der Waals surface area contributed by atoms with Crippen molar-refractivity contribution in [2.45, 2.75) is 32.2 Å². The summed E-state index contributed by atoms with van der Waals surface area (Å²) in [6.45, 7) is 10.6.